The van der Waals surface area contributed by atoms with Gasteiger partial charge in [0.1, 0.15) is 5.69 Å². The third-order valence-electron chi connectivity index (χ3n) is 3.24. The predicted molar refractivity (Wildman–Crippen MR) is 73.8 cm³/mol. The molecule has 21 heavy (non-hydrogen) atoms. The van der Waals surface area contributed by atoms with Crippen LogP contribution < -0.4 is 0 Å². The van der Waals surface area contributed by atoms with Crippen molar-refractivity contribution in [1.29, 1.82) is 0 Å². The number of pyridine rings is 1. The van der Waals surface area contributed by atoms with Crippen LogP contribution in [0.5, 0.6) is 0 Å². The van der Waals surface area contributed by atoms with Crippen LogP contribution in [0, 0.1) is 0 Å². The van der Waals surface area contributed by atoms with E-state index < -0.39 is 11.9 Å². The fourth-order valence-electron chi connectivity index (χ4n) is 2.14. The lowest BCUT2D eigenvalue weighted by Gasteiger charge is -2.25. The quantitative estimate of drug-likeness (QED) is 0.721. The van der Waals surface area contributed by atoms with Gasteiger partial charge in [-0.2, -0.15) is 13.2 Å². The van der Waals surface area contributed by atoms with Crippen LogP contribution in [-0.2, 0) is 22.3 Å². The van der Waals surface area contributed by atoms with Crippen molar-refractivity contribution >= 4 is 0 Å². The first-order chi connectivity index (χ1) is 9.92. The van der Waals surface area contributed by atoms with Crippen LogP contribution in [0.15, 0.2) is 18.2 Å². The second kappa shape index (κ2) is 8.34. The standard InChI is InChI=1S/C15H22F3NO2/c1-4-7-13(20-3)12(5-2)21-10-11-8-6-9-14(19-11)15(16,17)18/h6,8-9,12-13H,4-5,7,10H2,1-3H3/t12-,13-/m1/s1. The molecule has 0 N–H and O–H groups in total. The highest BCUT2D eigenvalue weighted by atomic mass is 19.4. The molecule has 0 spiro atoms. The van der Waals surface area contributed by atoms with Crippen LogP contribution in [-0.4, -0.2) is 24.3 Å². The molecule has 0 saturated carbocycles. The first-order valence-electron chi connectivity index (χ1n) is 7.09. The second-order valence-corrected chi connectivity index (χ2v) is 4.83. The molecule has 120 valence electrons. The molecular formula is C15H22F3NO2. The van der Waals surface area contributed by atoms with E-state index in [9.17, 15) is 13.2 Å². The number of hydrogen-bond donors (Lipinski definition) is 0. The summed E-state index contributed by atoms with van der Waals surface area (Å²) in [5.41, 5.74) is -0.622. The van der Waals surface area contributed by atoms with Gasteiger partial charge in [0.05, 0.1) is 24.5 Å². The van der Waals surface area contributed by atoms with E-state index >= 15 is 0 Å². The molecule has 0 amide bonds. The summed E-state index contributed by atoms with van der Waals surface area (Å²) in [5.74, 6) is 0. The molecule has 0 aromatic carbocycles. The molecule has 0 saturated heterocycles. The van der Waals surface area contributed by atoms with Gasteiger partial charge in [-0.05, 0) is 25.0 Å². The van der Waals surface area contributed by atoms with Gasteiger partial charge in [-0.1, -0.05) is 26.3 Å². The van der Waals surface area contributed by atoms with Crippen molar-refractivity contribution < 1.29 is 22.6 Å². The van der Waals surface area contributed by atoms with E-state index in [2.05, 4.69) is 4.98 Å². The van der Waals surface area contributed by atoms with E-state index in [1.165, 1.54) is 12.1 Å². The van der Waals surface area contributed by atoms with Gasteiger partial charge in [0.15, 0.2) is 0 Å². The molecule has 1 aromatic heterocycles. The monoisotopic (exact) mass is 305 g/mol. The van der Waals surface area contributed by atoms with Gasteiger partial charge in [-0.15, -0.1) is 0 Å². The Kier molecular flexibility index (Phi) is 7.11. The minimum atomic E-state index is -4.43. The Hall–Kier alpha value is -1.14. The summed E-state index contributed by atoms with van der Waals surface area (Å²) < 4.78 is 48.9. The number of hydrogen-bond acceptors (Lipinski definition) is 3. The first-order valence-corrected chi connectivity index (χ1v) is 7.09. The predicted octanol–water partition coefficient (Wildman–Crippen LogP) is 4.21. The van der Waals surface area contributed by atoms with Gasteiger partial charge in [0.25, 0.3) is 0 Å². The summed E-state index contributed by atoms with van der Waals surface area (Å²) in [6, 6.07) is 3.83. The molecule has 0 bridgehead atoms. The van der Waals surface area contributed by atoms with E-state index in [4.69, 9.17) is 9.47 Å². The molecule has 0 aliphatic rings. The fraction of sp³-hybridized carbons (Fsp3) is 0.667. The van der Waals surface area contributed by atoms with Gasteiger partial charge in [0, 0.05) is 7.11 Å². The molecule has 3 nitrogen and oxygen atoms in total. The smallest absolute Gasteiger partial charge is 0.379 e. The molecule has 0 unspecified atom stereocenters. The number of nitrogens with zero attached hydrogens (tertiary/aromatic N) is 1. The average Bonchev–Trinajstić information content (AvgIpc) is 2.46. The highest BCUT2D eigenvalue weighted by Gasteiger charge is 2.32. The van der Waals surface area contributed by atoms with E-state index in [-0.39, 0.29) is 24.5 Å². The zero-order chi connectivity index (χ0) is 15.9. The Bertz CT molecular complexity index is 424. The third kappa shape index (κ3) is 5.63. The minimum Gasteiger partial charge on any atom is -0.379 e. The van der Waals surface area contributed by atoms with Crippen LogP contribution in [0.2, 0.25) is 0 Å². The number of aromatic nitrogens is 1. The summed E-state index contributed by atoms with van der Waals surface area (Å²) in [7, 11) is 1.62. The summed E-state index contributed by atoms with van der Waals surface area (Å²) >= 11 is 0. The summed E-state index contributed by atoms with van der Waals surface area (Å²) in [5, 5.41) is 0. The van der Waals surface area contributed by atoms with E-state index in [0.29, 0.717) is 0 Å². The number of ether oxygens (including phenoxy) is 2. The van der Waals surface area contributed by atoms with Crippen molar-refractivity contribution in [2.24, 2.45) is 0 Å². The van der Waals surface area contributed by atoms with Crippen molar-refractivity contribution in [3.63, 3.8) is 0 Å². The Balaban J connectivity index is 2.68. The third-order valence-corrected chi connectivity index (χ3v) is 3.24. The molecular weight excluding hydrogens is 283 g/mol. The van der Waals surface area contributed by atoms with E-state index in [1.54, 1.807) is 7.11 Å². The fourth-order valence-corrected chi connectivity index (χ4v) is 2.14. The van der Waals surface area contributed by atoms with Gasteiger partial charge in [-0.25, -0.2) is 4.98 Å². The summed E-state index contributed by atoms with van der Waals surface area (Å²) in [4.78, 5) is 3.59. The van der Waals surface area contributed by atoms with Gasteiger partial charge in [-0.3, -0.25) is 0 Å². The summed E-state index contributed by atoms with van der Waals surface area (Å²) in [6.45, 7) is 4.06. The van der Waals surface area contributed by atoms with Crippen LogP contribution in [0.3, 0.4) is 0 Å². The largest absolute Gasteiger partial charge is 0.433 e. The average molecular weight is 305 g/mol. The highest BCUT2D eigenvalue weighted by Crippen LogP contribution is 2.27. The Labute approximate surface area is 123 Å². The topological polar surface area (TPSA) is 31.4 Å². The van der Waals surface area contributed by atoms with Crippen LogP contribution >= 0.6 is 0 Å². The molecule has 0 aliphatic heterocycles. The minimum absolute atomic E-state index is 0.0476. The molecule has 6 heteroatoms. The highest BCUT2D eigenvalue weighted by molar-refractivity contribution is 5.13. The summed E-state index contributed by atoms with van der Waals surface area (Å²) in [6.07, 6.45) is -2.09. The van der Waals surface area contributed by atoms with Crippen molar-refractivity contribution in [2.45, 2.75) is 58.1 Å². The van der Waals surface area contributed by atoms with Crippen molar-refractivity contribution in [1.82, 2.24) is 4.98 Å². The van der Waals surface area contributed by atoms with Crippen LogP contribution in [0.4, 0.5) is 13.2 Å². The molecule has 1 heterocycles. The lowest BCUT2D eigenvalue weighted by molar-refractivity contribution is -0.141. The van der Waals surface area contributed by atoms with Crippen LogP contribution in [0.1, 0.15) is 44.5 Å². The van der Waals surface area contributed by atoms with E-state index in [0.717, 1.165) is 25.3 Å². The molecule has 1 aromatic rings. The molecule has 0 fully saturated rings. The van der Waals surface area contributed by atoms with Crippen molar-refractivity contribution in [3.05, 3.63) is 29.6 Å². The number of rotatable bonds is 8. The van der Waals surface area contributed by atoms with E-state index in [1.807, 2.05) is 13.8 Å². The molecule has 0 radical (unpaired) electrons. The zero-order valence-electron chi connectivity index (χ0n) is 12.6. The van der Waals surface area contributed by atoms with Crippen molar-refractivity contribution in [2.75, 3.05) is 7.11 Å². The zero-order valence-corrected chi connectivity index (χ0v) is 12.6. The van der Waals surface area contributed by atoms with Gasteiger partial charge < -0.3 is 9.47 Å². The maximum Gasteiger partial charge on any atom is 0.433 e. The maximum absolute atomic E-state index is 12.6. The lowest BCUT2D eigenvalue weighted by Crippen LogP contribution is -2.30. The number of halogens is 3. The second-order valence-electron chi connectivity index (χ2n) is 4.83. The van der Waals surface area contributed by atoms with Crippen LogP contribution in [0.25, 0.3) is 0 Å². The molecule has 2 atom stereocenters. The molecule has 1 rings (SSSR count). The lowest BCUT2D eigenvalue weighted by atomic mass is 10.1. The first kappa shape index (κ1) is 17.9. The van der Waals surface area contributed by atoms with Gasteiger partial charge in [0.2, 0.25) is 0 Å². The SMILES string of the molecule is CCC[C@@H](OC)[C@@H](CC)OCc1cccc(C(F)(F)F)n1. The van der Waals surface area contributed by atoms with Crippen molar-refractivity contribution in [3.8, 4) is 0 Å². The maximum atomic E-state index is 12.6. The Morgan fingerprint density at radius 1 is 1.19 bits per heavy atom. The number of methoxy groups -OCH3 is 1. The Morgan fingerprint density at radius 2 is 1.90 bits per heavy atom. The molecule has 0 aliphatic carbocycles. The normalized spacial score (nSPS) is 15.0. The number of alkyl halides is 3. The Morgan fingerprint density at radius 3 is 2.43 bits per heavy atom. The van der Waals surface area contributed by atoms with Gasteiger partial charge >= 0.3 is 6.18 Å².